The third-order valence-electron chi connectivity index (χ3n) is 11.7. The van der Waals surface area contributed by atoms with Crippen molar-refractivity contribution >= 4 is 29.5 Å². The molecule has 0 heterocycles. The molecule has 2 nitrogen and oxygen atoms in total. The van der Waals surface area contributed by atoms with Crippen molar-refractivity contribution in [1.82, 2.24) is 0 Å². The first-order valence-corrected chi connectivity index (χ1v) is 13.3. The van der Waals surface area contributed by atoms with Gasteiger partial charge in [0.25, 0.3) is 5.97 Å². The summed E-state index contributed by atoms with van der Waals surface area (Å²) in [5.41, 5.74) is 1.03. The van der Waals surface area contributed by atoms with Crippen LogP contribution >= 0.6 is 0 Å². The third-order valence-corrected chi connectivity index (χ3v) is 11.7. The van der Waals surface area contributed by atoms with Gasteiger partial charge in [-0.05, 0) is 84.9 Å². The molecule has 0 saturated heterocycles. The Balaban J connectivity index is 1.58. The minimum Gasteiger partial charge on any atom is -0.482 e. The molecule has 0 radical (unpaired) electrons. The van der Waals surface area contributed by atoms with E-state index < -0.39 is 11.2 Å². The van der Waals surface area contributed by atoms with Gasteiger partial charge in [-0.3, -0.25) is 4.79 Å². The van der Waals surface area contributed by atoms with E-state index in [9.17, 15) is 9.90 Å². The van der Waals surface area contributed by atoms with Crippen LogP contribution in [0.5, 0.6) is 0 Å². The first kappa shape index (κ1) is 22.8. The molecule has 0 aromatic rings. The maximum absolute atomic E-state index is 11.7. The summed E-state index contributed by atoms with van der Waals surface area (Å²) in [6, 6.07) is 0. The van der Waals surface area contributed by atoms with Crippen molar-refractivity contribution in [1.29, 1.82) is 0 Å². The minimum atomic E-state index is -0.631. The molecule has 0 bridgehead atoms. The first-order valence-electron chi connectivity index (χ1n) is 13.3. The van der Waals surface area contributed by atoms with E-state index in [0.29, 0.717) is 10.8 Å². The van der Waals surface area contributed by atoms with Gasteiger partial charge in [0, 0.05) is 5.21 Å². The summed E-state index contributed by atoms with van der Waals surface area (Å²) in [6.45, 7) is 7.78. The number of carboxylic acids is 1. The highest BCUT2D eigenvalue weighted by Crippen LogP contribution is 2.71. The van der Waals surface area contributed by atoms with Crippen LogP contribution in [0.2, 0.25) is 11.0 Å². The monoisotopic (exact) mass is 410 g/mol. The second-order valence-electron chi connectivity index (χ2n) is 13.1. The van der Waals surface area contributed by atoms with Crippen LogP contribution in [0.3, 0.4) is 0 Å². The Bertz CT molecular complexity index is 667. The number of aliphatic carboxylic acids is 1. The molecular weight excluding hydrogens is 365 g/mol. The zero-order valence-corrected chi connectivity index (χ0v) is 20.7. The van der Waals surface area contributed by atoms with Crippen LogP contribution in [0, 0.1) is 46.3 Å². The van der Waals surface area contributed by atoms with Crippen LogP contribution in [0.4, 0.5) is 0 Å². The van der Waals surface area contributed by atoms with Gasteiger partial charge in [0.2, 0.25) is 0 Å². The van der Waals surface area contributed by atoms with Crippen LogP contribution in [-0.4, -0.2) is 34.6 Å². The van der Waals surface area contributed by atoms with Crippen molar-refractivity contribution < 1.29 is 9.90 Å². The molecule has 166 valence electrons. The quantitative estimate of drug-likeness (QED) is 0.698. The molecule has 0 aliphatic heterocycles. The maximum atomic E-state index is 11.7. The van der Waals surface area contributed by atoms with E-state index in [4.69, 9.17) is 0 Å². The van der Waals surface area contributed by atoms with Crippen LogP contribution in [0.15, 0.2) is 0 Å². The fourth-order valence-electron chi connectivity index (χ4n) is 9.78. The standard InChI is InChI=1S/C25H45B3O2/c1-4-16-17-7-5-6-12-24(17,3)19-11-13-23(2)15(10-14-25(27,28)22(29)30)8-9-18(23)20(19)21(16)26/h15-21H,4-14,26-28H2,1-3H3,(H,29,30)/t15?,16-,17?,18?,19+,20?,21?,23?,24?/m1/s1. The highest BCUT2D eigenvalue weighted by atomic mass is 16.4. The van der Waals surface area contributed by atoms with Crippen molar-refractivity contribution in [3.8, 4) is 0 Å². The molecule has 0 spiro atoms. The van der Waals surface area contributed by atoms with Gasteiger partial charge < -0.3 is 5.11 Å². The first-order chi connectivity index (χ1) is 14.1. The summed E-state index contributed by atoms with van der Waals surface area (Å²) in [4.78, 5) is 11.7. The summed E-state index contributed by atoms with van der Waals surface area (Å²) >= 11 is 0. The van der Waals surface area contributed by atoms with Gasteiger partial charge in [-0.25, -0.2) is 0 Å². The average Bonchev–Trinajstić information content (AvgIpc) is 3.03. The van der Waals surface area contributed by atoms with Crippen molar-refractivity contribution in [3.05, 3.63) is 0 Å². The molecule has 7 unspecified atom stereocenters. The zero-order valence-electron chi connectivity index (χ0n) is 20.7. The predicted octanol–water partition coefficient (Wildman–Crippen LogP) is 3.95. The molecule has 9 atom stereocenters. The van der Waals surface area contributed by atoms with Crippen LogP contribution < -0.4 is 0 Å². The third kappa shape index (κ3) is 3.35. The van der Waals surface area contributed by atoms with Crippen molar-refractivity contribution in [2.75, 3.05) is 0 Å². The van der Waals surface area contributed by atoms with Gasteiger partial charge in [-0.1, -0.05) is 58.7 Å². The molecule has 4 saturated carbocycles. The van der Waals surface area contributed by atoms with E-state index >= 15 is 0 Å². The maximum Gasteiger partial charge on any atom is 0.293 e. The Morgan fingerprint density at radius 3 is 2.37 bits per heavy atom. The second-order valence-corrected chi connectivity index (χ2v) is 13.1. The van der Waals surface area contributed by atoms with Crippen molar-refractivity contribution in [2.24, 2.45) is 46.3 Å². The Morgan fingerprint density at radius 2 is 1.70 bits per heavy atom. The van der Waals surface area contributed by atoms with E-state index in [1.54, 1.807) is 0 Å². The van der Waals surface area contributed by atoms with Gasteiger partial charge >= 0.3 is 0 Å². The lowest BCUT2D eigenvalue weighted by molar-refractivity contribution is -0.139. The molecule has 0 aromatic heterocycles. The van der Waals surface area contributed by atoms with E-state index in [0.717, 1.165) is 54.2 Å². The summed E-state index contributed by atoms with van der Waals surface area (Å²) in [5, 5.41) is 9.01. The lowest BCUT2D eigenvalue weighted by Crippen LogP contribution is -2.57. The summed E-state index contributed by atoms with van der Waals surface area (Å²) in [5.74, 6) is 5.57. The molecule has 0 amide bonds. The highest BCUT2D eigenvalue weighted by molar-refractivity contribution is 6.49. The number of rotatable bonds is 5. The Kier molecular flexibility index (Phi) is 6.02. The molecular formula is C25H45B3O2. The number of fused-ring (bicyclic) bond motifs is 5. The van der Waals surface area contributed by atoms with Gasteiger partial charge in [-0.2, -0.15) is 0 Å². The average molecular weight is 410 g/mol. The van der Waals surface area contributed by atoms with E-state index in [1.807, 2.05) is 15.7 Å². The molecule has 4 aliphatic rings. The number of hydrogen-bond donors (Lipinski definition) is 1. The van der Waals surface area contributed by atoms with Gasteiger partial charge in [0.05, 0.1) is 0 Å². The molecule has 1 N–H and O–H groups in total. The Labute approximate surface area is 188 Å². The fraction of sp³-hybridized carbons (Fsp3) is 0.960. The Hall–Kier alpha value is -0.335. The van der Waals surface area contributed by atoms with Crippen molar-refractivity contribution in [3.63, 3.8) is 0 Å². The number of carbonyl (C=O) groups is 1. The van der Waals surface area contributed by atoms with Crippen molar-refractivity contribution in [2.45, 2.75) is 102 Å². The molecule has 5 heteroatoms. The molecule has 4 rings (SSSR count). The molecule has 4 fully saturated rings. The molecule has 0 aromatic carbocycles. The molecule has 4 aliphatic carbocycles. The van der Waals surface area contributed by atoms with Crippen LogP contribution in [-0.2, 0) is 4.79 Å². The lowest BCUT2D eigenvalue weighted by atomic mass is 9.37. The van der Waals surface area contributed by atoms with Gasteiger partial charge in [0.15, 0.2) is 0 Å². The lowest BCUT2D eigenvalue weighted by Gasteiger charge is -2.65. The normalized spacial score (nSPS) is 48.4. The second kappa shape index (κ2) is 7.91. The van der Waals surface area contributed by atoms with E-state index in [2.05, 4.69) is 28.6 Å². The summed E-state index contributed by atoms with van der Waals surface area (Å²) in [6.07, 6.45) is 14.7. The summed E-state index contributed by atoms with van der Waals surface area (Å²) < 4.78 is 0. The SMILES string of the molecule is BC1C2C3CCC(CCC(B)(B)C(=O)O)C3(C)CC[C@@H]2C2(C)CCCCC2[C@H]1CC. The van der Waals surface area contributed by atoms with E-state index in [-0.39, 0.29) is 0 Å². The summed E-state index contributed by atoms with van der Waals surface area (Å²) in [7, 11) is 6.47. The van der Waals surface area contributed by atoms with Crippen LogP contribution in [0.25, 0.3) is 0 Å². The number of hydrogen-bond acceptors (Lipinski definition) is 1. The highest BCUT2D eigenvalue weighted by Gasteiger charge is 2.62. The fourth-order valence-corrected chi connectivity index (χ4v) is 9.78. The Morgan fingerprint density at radius 1 is 1.00 bits per heavy atom. The largest absolute Gasteiger partial charge is 0.482 e. The minimum absolute atomic E-state index is 0.445. The predicted molar refractivity (Wildman–Crippen MR) is 133 cm³/mol. The topological polar surface area (TPSA) is 37.3 Å². The van der Waals surface area contributed by atoms with Gasteiger partial charge in [0.1, 0.15) is 23.5 Å². The van der Waals surface area contributed by atoms with Gasteiger partial charge in [-0.15, -0.1) is 0 Å². The van der Waals surface area contributed by atoms with Crippen LogP contribution in [0.1, 0.15) is 91.4 Å². The van der Waals surface area contributed by atoms with E-state index in [1.165, 1.54) is 57.8 Å². The number of carboxylic acid groups (broad SMARTS) is 1. The smallest absolute Gasteiger partial charge is 0.293 e. The molecule has 30 heavy (non-hydrogen) atoms. The zero-order chi connectivity index (χ0) is 21.9.